The molecule has 0 aromatic carbocycles. The molecule has 0 amide bonds. The molecule has 4 atom stereocenters. The highest BCUT2D eigenvalue weighted by Crippen LogP contribution is 2.29. The minimum atomic E-state index is -2.00. The van der Waals surface area contributed by atoms with Crippen molar-refractivity contribution in [1.29, 1.82) is 0 Å². The summed E-state index contributed by atoms with van der Waals surface area (Å²) in [6, 6.07) is 0. The zero-order valence-corrected chi connectivity index (χ0v) is 36.2. The Morgan fingerprint density at radius 3 is 1.30 bits per heavy atom. The first-order valence-electron chi connectivity index (χ1n) is 23.1. The Kier molecular flexibility index (Phi) is 36.8. The van der Waals surface area contributed by atoms with Gasteiger partial charge >= 0.3 is 11.9 Å². The molecule has 0 rings (SSSR count). The van der Waals surface area contributed by atoms with E-state index in [1.165, 1.54) is 161 Å². The number of aliphatic hydroxyl groups excluding tert-OH is 3. The fourth-order valence-corrected chi connectivity index (χ4v) is 7.13. The predicted octanol–water partition coefficient (Wildman–Crippen LogP) is 11.6. The lowest BCUT2D eigenvalue weighted by atomic mass is 9.85. The van der Waals surface area contributed by atoms with Crippen molar-refractivity contribution in [3.8, 4) is 0 Å². The van der Waals surface area contributed by atoms with Gasteiger partial charge in [-0.1, -0.05) is 187 Å². The van der Waals surface area contributed by atoms with Crippen LogP contribution in [0, 0.1) is 0 Å². The van der Waals surface area contributed by atoms with E-state index in [2.05, 4.69) is 13.8 Å². The maximum atomic E-state index is 13.4. The molecule has 4 N–H and O–H groups in total. The van der Waals surface area contributed by atoms with Crippen LogP contribution in [0.25, 0.3) is 0 Å². The summed E-state index contributed by atoms with van der Waals surface area (Å²) in [5.41, 5.74) is -2.00. The van der Waals surface area contributed by atoms with Crippen molar-refractivity contribution in [2.75, 3.05) is 6.61 Å². The highest BCUT2D eigenvalue weighted by Gasteiger charge is 2.51. The van der Waals surface area contributed by atoms with Crippen molar-refractivity contribution < 1.29 is 44.3 Å². The molecule has 0 fully saturated rings. The van der Waals surface area contributed by atoms with Gasteiger partial charge in [-0.3, -0.25) is 14.4 Å². The molecule has 9 heteroatoms. The van der Waals surface area contributed by atoms with E-state index in [1.807, 2.05) is 0 Å². The molecule has 0 heterocycles. The number of carbonyl (C=O) groups is 3. The Balaban J connectivity index is 5.16. The average Bonchev–Trinajstić information content (AvgIpc) is 3.18. The van der Waals surface area contributed by atoms with Crippen LogP contribution in [-0.4, -0.2) is 68.7 Å². The Morgan fingerprint density at radius 1 is 0.571 bits per heavy atom. The summed E-state index contributed by atoms with van der Waals surface area (Å²) < 4.78 is 11.6. The molecular formula is C47H86O9. The van der Waals surface area contributed by atoms with Gasteiger partial charge in [-0.15, -0.1) is 0 Å². The third kappa shape index (κ3) is 29.1. The second-order valence-corrected chi connectivity index (χ2v) is 16.1. The molecule has 9 nitrogen and oxygen atoms in total. The number of ketones is 1. The molecule has 0 radical (unpaired) electrons. The number of hydrogen-bond donors (Lipinski definition) is 4. The molecule has 0 aliphatic carbocycles. The highest BCUT2D eigenvalue weighted by atomic mass is 16.6. The summed E-state index contributed by atoms with van der Waals surface area (Å²) in [5, 5.41) is 40.2. The van der Waals surface area contributed by atoms with Crippen LogP contribution >= 0.6 is 0 Å². The first-order chi connectivity index (χ1) is 27.2. The van der Waals surface area contributed by atoms with Crippen LogP contribution in [0.5, 0.6) is 0 Å². The van der Waals surface area contributed by atoms with E-state index in [4.69, 9.17) is 14.6 Å². The van der Waals surface area contributed by atoms with Crippen molar-refractivity contribution in [2.45, 2.75) is 250 Å². The summed E-state index contributed by atoms with van der Waals surface area (Å²) in [7, 11) is 0. The maximum Gasteiger partial charge on any atom is 0.306 e. The van der Waals surface area contributed by atoms with Gasteiger partial charge in [0.1, 0.15) is 12.2 Å². The van der Waals surface area contributed by atoms with E-state index in [9.17, 15) is 29.7 Å². The van der Waals surface area contributed by atoms with Crippen molar-refractivity contribution in [3.63, 3.8) is 0 Å². The SMILES string of the molecule is CCCCCCCCCCCCCCCCC=CO[C@@](C=CCCCCCCCCCCCCCCCC)(C(C)=O)[C@@H](OC(=O)CCC(=O)O)[C@H](O)[C@H](O)CO. The lowest BCUT2D eigenvalue weighted by molar-refractivity contribution is -0.188. The second kappa shape index (κ2) is 38.3. The maximum absolute atomic E-state index is 13.4. The van der Waals surface area contributed by atoms with Crippen LogP contribution in [0.2, 0.25) is 0 Å². The van der Waals surface area contributed by atoms with Gasteiger partial charge in [-0.05, 0) is 44.8 Å². The Morgan fingerprint density at radius 2 is 0.946 bits per heavy atom. The number of allylic oxidation sites excluding steroid dienone is 2. The number of esters is 1. The van der Waals surface area contributed by atoms with E-state index in [1.54, 1.807) is 12.2 Å². The minimum Gasteiger partial charge on any atom is -0.481 e. The summed E-state index contributed by atoms with van der Waals surface area (Å²) >= 11 is 0. The normalized spacial score (nSPS) is 14.5. The lowest BCUT2D eigenvalue weighted by Crippen LogP contribution is -2.59. The van der Waals surface area contributed by atoms with E-state index < -0.39 is 61.1 Å². The number of hydrogen-bond acceptors (Lipinski definition) is 8. The van der Waals surface area contributed by atoms with E-state index in [0.29, 0.717) is 12.8 Å². The highest BCUT2D eigenvalue weighted by molar-refractivity contribution is 5.89. The van der Waals surface area contributed by atoms with Crippen LogP contribution in [0.3, 0.4) is 0 Å². The average molecular weight is 795 g/mol. The molecule has 0 bridgehead atoms. The van der Waals surface area contributed by atoms with Gasteiger partial charge in [-0.25, -0.2) is 0 Å². The second-order valence-electron chi connectivity index (χ2n) is 16.1. The number of carboxylic acid groups (broad SMARTS) is 1. The molecular weight excluding hydrogens is 709 g/mol. The Hall–Kier alpha value is -2.23. The number of Topliss-reactive ketones (excluding diaryl/α,β-unsaturated/α-hetero) is 1. The first kappa shape index (κ1) is 53.8. The summed E-state index contributed by atoms with van der Waals surface area (Å²) in [6.45, 7) is 4.91. The van der Waals surface area contributed by atoms with Crippen molar-refractivity contribution >= 4 is 17.7 Å². The predicted molar refractivity (Wildman–Crippen MR) is 228 cm³/mol. The molecule has 56 heavy (non-hydrogen) atoms. The molecule has 0 aromatic rings. The van der Waals surface area contributed by atoms with Gasteiger partial charge in [0.2, 0.25) is 5.60 Å². The number of aliphatic carboxylic acids is 1. The van der Waals surface area contributed by atoms with Gasteiger partial charge in [0.25, 0.3) is 0 Å². The fraction of sp³-hybridized carbons (Fsp3) is 0.851. The standard InChI is InChI=1S/C47H86O9/c1-4-6-8-10-12-14-16-18-20-22-24-26-28-30-32-34-38-47(41(3)49,46(45(54)42(50)40-48)56-44(53)37-36-43(51)52)55-39-35-33-31-29-27-25-23-21-19-17-15-13-11-9-7-5-2/h34-35,38-39,42,45-46,48,50,54H,4-33,36-37,40H2,1-3H3,(H,51,52)/t42-,45-,46+,47+/m1/s1. The minimum absolute atomic E-state index is 0.501. The summed E-state index contributed by atoms with van der Waals surface area (Å²) in [4.78, 5) is 37.3. The number of unbranched alkanes of at least 4 members (excludes halogenated alkanes) is 28. The molecule has 0 aromatic heterocycles. The molecule has 0 saturated heterocycles. The molecule has 0 aliphatic heterocycles. The van der Waals surface area contributed by atoms with E-state index in [0.717, 1.165) is 38.5 Å². The molecule has 328 valence electrons. The van der Waals surface area contributed by atoms with Crippen LogP contribution < -0.4 is 0 Å². The number of carboxylic acids is 1. The molecule has 0 unspecified atom stereocenters. The Labute approximate surface area is 342 Å². The van der Waals surface area contributed by atoms with Crippen LogP contribution in [-0.2, 0) is 23.9 Å². The molecule has 0 saturated carbocycles. The largest absolute Gasteiger partial charge is 0.481 e. The number of ether oxygens (including phenoxy) is 2. The van der Waals surface area contributed by atoms with Gasteiger partial charge in [0.15, 0.2) is 11.9 Å². The van der Waals surface area contributed by atoms with Crippen LogP contribution in [0.1, 0.15) is 226 Å². The van der Waals surface area contributed by atoms with Gasteiger partial charge in [0.05, 0.1) is 25.7 Å². The van der Waals surface area contributed by atoms with Gasteiger partial charge in [0, 0.05) is 0 Å². The molecule has 0 spiro atoms. The number of aliphatic hydroxyl groups is 3. The monoisotopic (exact) mass is 795 g/mol. The van der Waals surface area contributed by atoms with Crippen molar-refractivity contribution in [3.05, 3.63) is 24.5 Å². The third-order valence-corrected chi connectivity index (χ3v) is 10.8. The first-order valence-corrected chi connectivity index (χ1v) is 23.1. The molecule has 0 aliphatic rings. The summed E-state index contributed by atoms with van der Waals surface area (Å²) in [5.74, 6) is -2.75. The summed E-state index contributed by atoms with van der Waals surface area (Å²) in [6.07, 6.45) is 36.5. The van der Waals surface area contributed by atoms with Crippen molar-refractivity contribution in [2.24, 2.45) is 0 Å². The lowest BCUT2D eigenvalue weighted by Gasteiger charge is -2.38. The zero-order valence-electron chi connectivity index (χ0n) is 36.2. The third-order valence-electron chi connectivity index (χ3n) is 10.8. The van der Waals surface area contributed by atoms with Crippen LogP contribution in [0.15, 0.2) is 24.5 Å². The smallest absolute Gasteiger partial charge is 0.306 e. The van der Waals surface area contributed by atoms with Crippen molar-refractivity contribution in [1.82, 2.24) is 0 Å². The van der Waals surface area contributed by atoms with Crippen LogP contribution in [0.4, 0.5) is 0 Å². The Bertz CT molecular complexity index is 996. The van der Waals surface area contributed by atoms with Gasteiger partial charge in [-0.2, -0.15) is 0 Å². The van der Waals surface area contributed by atoms with E-state index in [-0.39, 0.29) is 0 Å². The number of carbonyl (C=O) groups excluding carboxylic acids is 2. The fourth-order valence-electron chi connectivity index (χ4n) is 7.13. The van der Waals surface area contributed by atoms with E-state index >= 15 is 0 Å². The zero-order chi connectivity index (χ0) is 41.5. The van der Waals surface area contributed by atoms with Gasteiger partial charge < -0.3 is 29.9 Å². The quantitative estimate of drug-likeness (QED) is 0.0205. The number of rotatable bonds is 42. The topological polar surface area (TPSA) is 151 Å².